The second kappa shape index (κ2) is 11.1. The van der Waals surface area contributed by atoms with Crippen LogP contribution >= 0.6 is 0 Å². The molecule has 1 atom stereocenters. The van der Waals surface area contributed by atoms with Crippen LogP contribution in [-0.2, 0) is 11.3 Å². The van der Waals surface area contributed by atoms with E-state index < -0.39 is 6.04 Å². The van der Waals surface area contributed by atoms with Crippen molar-refractivity contribution in [2.75, 3.05) is 41.0 Å². The van der Waals surface area contributed by atoms with Crippen molar-refractivity contribution in [3.8, 4) is 11.5 Å². The highest BCUT2D eigenvalue weighted by molar-refractivity contribution is 5.83. The van der Waals surface area contributed by atoms with E-state index in [0.717, 1.165) is 22.9 Å². The van der Waals surface area contributed by atoms with Crippen LogP contribution in [0.1, 0.15) is 29.4 Å². The summed E-state index contributed by atoms with van der Waals surface area (Å²) in [5, 5.41) is 13.2. The largest absolute Gasteiger partial charge is 0.493 e. The lowest BCUT2D eigenvalue weighted by Gasteiger charge is -2.33. The third kappa shape index (κ3) is 5.02. The summed E-state index contributed by atoms with van der Waals surface area (Å²) >= 11 is 0. The fourth-order valence-corrected chi connectivity index (χ4v) is 4.84. The van der Waals surface area contributed by atoms with Crippen molar-refractivity contribution >= 4 is 16.5 Å². The normalized spacial score (nSPS) is 14.9. The zero-order valence-electron chi connectivity index (χ0n) is 21.5. The van der Waals surface area contributed by atoms with Crippen molar-refractivity contribution < 1.29 is 18.6 Å². The SMILES string of the molecule is COCCn1nnnc1C(c1cc2cc(OC)c(OC)cc2[nH]c1=O)N1CC=C(c2ccc(F)cc2)CC1. The number of halogens is 1. The Kier molecular flexibility index (Phi) is 7.47. The molecular formula is C27H29FN6O4. The highest BCUT2D eigenvalue weighted by atomic mass is 19.1. The van der Waals surface area contributed by atoms with Gasteiger partial charge in [0.1, 0.15) is 11.9 Å². The van der Waals surface area contributed by atoms with E-state index in [1.807, 2.05) is 12.1 Å². The van der Waals surface area contributed by atoms with E-state index in [2.05, 4.69) is 31.5 Å². The van der Waals surface area contributed by atoms with Gasteiger partial charge >= 0.3 is 0 Å². The number of fused-ring (bicyclic) bond motifs is 1. The molecule has 4 aromatic rings. The first-order chi connectivity index (χ1) is 18.5. The standard InChI is InChI=1S/C27H29FN6O4/c1-36-13-12-34-26(30-31-32-34)25(33-10-8-18(9-11-33)17-4-6-20(28)7-5-17)21-14-19-15-23(37-2)24(38-3)16-22(19)29-27(21)35/h4-8,14-16,25H,9-13H2,1-3H3,(H,29,35). The van der Waals surface area contributed by atoms with E-state index in [1.54, 1.807) is 44.2 Å². The van der Waals surface area contributed by atoms with Crippen LogP contribution in [0.4, 0.5) is 4.39 Å². The van der Waals surface area contributed by atoms with Crippen molar-refractivity contribution in [2.24, 2.45) is 0 Å². The molecule has 0 saturated heterocycles. The molecule has 0 spiro atoms. The number of rotatable bonds is 9. The number of H-pyrrole nitrogens is 1. The third-order valence-electron chi connectivity index (χ3n) is 6.80. The lowest BCUT2D eigenvalue weighted by molar-refractivity contribution is 0.176. The van der Waals surface area contributed by atoms with Gasteiger partial charge < -0.3 is 19.2 Å². The molecule has 5 rings (SSSR count). The van der Waals surface area contributed by atoms with Crippen molar-refractivity contribution in [1.82, 2.24) is 30.1 Å². The Labute approximate surface area is 218 Å². The van der Waals surface area contributed by atoms with Gasteiger partial charge in [-0.15, -0.1) is 5.10 Å². The number of aromatic amines is 1. The van der Waals surface area contributed by atoms with Crippen LogP contribution in [0.15, 0.2) is 53.3 Å². The molecule has 0 bridgehead atoms. The number of hydrogen-bond acceptors (Lipinski definition) is 8. The summed E-state index contributed by atoms with van der Waals surface area (Å²) in [4.78, 5) is 18.7. The summed E-state index contributed by atoms with van der Waals surface area (Å²) in [6, 6.07) is 11.4. The summed E-state index contributed by atoms with van der Waals surface area (Å²) in [5.41, 5.74) is 3.01. The van der Waals surface area contributed by atoms with Gasteiger partial charge in [0.2, 0.25) is 0 Å². The highest BCUT2D eigenvalue weighted by Crippen LogP contribution is 2.34. The molecular weight excluding hydrogens is 491 g/mol. The second-order valence-corrected chi connectivity index (χ2v) is 8.98. The quantitative estimate of drug-likeness (QED) is 0.359. The minimum atomic E-state index is -0.519. The molecule has 2 aromatic carbocycles. The predicted molar refractivity (Wildman–Crippen MR) is 140 cm³/mol. The van der Waals surface area contributed by atoms with Gasteiger partial charge in [-0.3, -0.25) is 9.69 Å². The minimum absolute atomic E-state index is 0.246. The van der Waals surface area contributed by atoms with Crippen LogP contribution in [0, 0.1) is 5.82 Å². The fraction of sp³-hybridized carbons (Fsp3) is 0.333. The fourth-order valence-electron chi connectivity index (χ4n) is 4.84. The molecule has 0 fully saturated rings. The Hall–Kier alpha value is -4.09. The summed E-state index contributed by atoms with van der Waals surface area (Å²) in [7, 11) is 4.74. The van der Waals surface area contributed by atoms with Crippen molar-refractivity contribution in [1.29, 1.82) is 0 Å². The Balaban J connectivity index is 1.58. The summed E-state index contributed by atoms with van der Waals surface area (Å²) in [5.74, 6) is 1.37. The number of ether oxygens (including phenoxy) is 3. The van der Waals surface area contributed by atoms with Crippen LogP contribution in [0.3, 0.4) is 0 Å². The van der Waals surface area contributed by atoms with Gasteiger partial charge in [0, 0.05) is 37.2 Å². The lowest BCUT2D eigenvalue weighted by atomic mass is 9.96. The number of methoxy groups -OCH3 is 3. The summed E-state index contributed by atoms with van der Waals surface area (Å²) in [6.07, 6.45) is 2.83. The minimum Gasteiger partial charge on any atom is -0.493 e. The van der Waals surface area contributed by atoms with Gasteiger partial charge in [-0.1, -0.05) is 18.2 Å². The Morgan fingerprint density at radius 1 is 1.08 bits per heavy atom. The maximum Gasteiger partial charge on any atom is 0.253 e. The molecule has 2 aromatic heterocycles. The first kappa shape index (κ1) is 25.6. The smallest absolute Gasteiger partial charge is 0.253 e. The van der Waals surface area contributed by atoms with Crippen LogP contribution in [0.25, 0.3) is 16.5 Å². The Bertz CT molecular complexity index is 1510. The molecule has 0 radical (unpaired) electrons. The topological polar surface area (TPSA) is 107 Å². The first-order valence-electron chi connectivity index (χ1n) is 12.3. The van der Waals surface area contributed by atoms with E-state index in [0.29, 0.717) is 54.6 Å². The number of benzene rings is 2. The van der Waals surface area contributed by atoms with Gasteiger partial charge in [-0.05, 0) is 52.2 Å². The molecule has 0 amide bonds. The molecule has 1 N–H and O–H groups in total. The molecule has 11 heteroatoms. The number of tetrazole rings is 1. The van der Waals surface area contributed by atoms with Crippen molar-refractivity contribution in [3.63, 3.8) is 0 Å². The zero-order valence-corrected chi connectivity index (χ0v) is 21.5. The van der Waals surface area contributed by atoms with Gasteiger partial charge in [0.25, 0.3) is 5.56 Å². The molecule has 1 aliphatic heterocycles. The van der Waals surface area contributed by atoms with Crippen molar-refractivity contribution in [2.45, 2.75) is 19.0 Å². The van der Waals surface area contributed by atoms with Crippen molar-refractivity contribution in [3.05, 3.63) is 81.7 Å². The van der Waals surface area contributed by atoms with Gasteiger partial charge in [0.05, 0.1) is 32.9 Å². The van der Waals surface area contributed by atoms with Gasteiger partial charge in [0.15, 0.2) is 17.3 Å². The van der Waals surface area contributed by atoms with E-state index >= 15 is 0 Å². The molecule has 0 aliphatic carbocycles. The summed E-state index contributed by atoms with van der Waals surface area (Å²) < 4.78 is 31.2. The zero-order chi connectivity index (χ0) is 26.6. The maximum absolute atomic E-state index is 13.5. The molecule has 38 heavy (non-hydrogen) atoms. The first-order valence-corrected chi connectivity index (χ1v) is 12.3. The van der Waals surface area contributed by atoms with E-state index in [4.69, 9.17) is 14.2 Å². The third-order valence-corrected chi connectivity index (χ3v) is 6.80. The average Bonchev–Trinajstić information content (AvgIpc) is 3.40. The number of nitrogens with one attached hydrogen (secondary N) is 1. The number of aromatic nitrogens is 5. The number of pyridine rings is 1. The molecule has 10 nitrogen and oxygen atoms in total. The maximum atomic E-state index is 13.5. The number of hydrogen-bond donors (Lipinski definition) is 1. The highest BCUT2D eigenvalue weighted by Gasteiger charge is 2.31. The molecule has 0 saturated carbocycles. The molecule has 1 unspecified atom stereocenters. The lowest BCUT2D eigenvalue weighted by Crippen LogP contribution is -2.38. The second-order valence-electron chi connectivity index (χ2n) is 8.98. The molecule has 3 heterocycles. The Morgan fingerprint density at radius 2 is 1.84 bits per heavy atom. The summed E-state index contributed by atoms with van der Waals surface area (Å²) in [6.45, 7) is 2.06. The molecule has 1 aliphatic rings. The van der Waals surface area contributed by atoms with Crippen LogP contribution in [-0.4, -0.2) is 71.1 Å². The van der Waals surface area contributed by atoms with E-state index in [-0.39, 0.29) is 11.4 Å². The Morgan fingerprint density at radius 3 is 2.53 bits per heavy atom. The van der Waals surface area contributed by atoms with Gasteiger partial charge in [-0.25, -0.2) is 9.07 Å². The van der Waals surface area contributed by atoms with E-state index in [1.165, 1.54) is 12.1 Å². The monoisotopic (exact) mass is 520 g/mol. The average molecular weight is 521 g/mol. The van der Waals surface area contributed by atoms with Crippen LogP contribution < -0.4 is 15.0 Å². The molecule has 198 valence electrons. The predicted octanol–water partition coefficient (Wildman–Crippen LogP) is 3.20. The van der Waals surface area contributed by atoms with E-state index in [9.17, 15) is 9.18 Å². The number of nitrogens with zero attached hydrogens (tertiary/aromatic N) is 5. The van der Waals surface area contributed by atoms with Gasteiger partial charge in [-0.2, -0.15) is 0 Å². The van der Waals surface area contributed by atoms with Crippen LogP contribution in [0.2, 0.25) is 0 Å². The van der Waals surface area contributed by atoms with Crippen LogP contribution in [0.5, 0.6) is 11.5 Å².